The number of likely N-dealkylation sites (N-methyl/N-ethyl adjacent to an activating group) is 1. The number of benzene rings is 1. The second-order valence-corrected chi connectivity index (χ2v) is 11.6. The summed E-state index contributed by atoms with van der Waals surface area (Å²) in [5.74, 6) is 2.20. The zero-order chi connectivity index (χ0) is 19.1. The molecule has 0 bridgehead atoms. The molecule has 1 saturated heterocycles. The van der Waals surface area contributed by atoms with E-state index in [1.54, 1.807) is 0 Å². The first kappa shape index (κ1) is 19.2. The molecular formula is C22H33N2O2P. The van der Waals surface area contributed by atoms with Gasteiger partial charge in [0.15, 0.2) is 7.29 Å². The van der Waals surface area contributed by atoms with E-state index in [9.17, 15) is 4.57 Å². The molecule has 5 heteroatoms. The quantitative estimate of drug-likeness (QED) is 0.667. The maximum Gasteiger partial charge on any atom is 0.176 e. The van der Waals surface area contributed by atoms with E-state index in [0.29, 0.717) is 18.9 Å². The summed E-state index contributed by atoms with van der Waals surface area (Å²) >= 11 is 0. The average Bonchev–Trinajstić information content (AvgIpc) is 2.90. The molecule has 2 heterocycles. The lowest BCUT2D eigenvalue weighted by Gasteiger charge is -2.40. The lowest BCUT2D eigenvalue weighted by atomic mass is 9.84. The fraction of sp³-hybridized carbons (Fsp3) is 0.636. The van der Waals surface area contributed by atoms with Crippen molar-refractivity contribution in [3.8, 4) is 0 Å². The first-order valence-corrected chi connectivity index (χ1v) is 12.2. The molecule has 1 aromatic rings. The van der Waals surface area contributed by atoms with E-state index in [-0.39, 0.29) is 5.41 Å². The zero-order valence-corrected chi connectivity index (χ0v) is 17.9. The van der Waals surface area contributed by atoms with Crippen molar-refractivity contribution >= 4 is 13.0 Å². The summed E-state index contributed by atoms with van der Waals surface area (Å²) in [5, 5.41) is 0. The third-order valence-corrected chi connectivity index (χ3v) is 10.2. The number of hydrogen-bond acceptors (Lipinski definition) is 3. The summed E-state index contributed by atoms with van der Waals surface area (Å²) in [4.78, 5) is 2.27. The first-order valence-electron chi connectivity index (χ1n) is 10.4. The van der Waals surface area contributed by atoms with Crippen molar-refractivity contribution in [1.29, 1.82) is 0 Å². The summed E-state index contributed by atoms with van der Waals surface area (Å²) < 4.78 is 22.5. The Hall–Kier alpha value is -1.09. The maximum atomic E-state index is 14.6. The molecule has 1 unspecified atom stereocenters. The Balaban J connectivity index is 1.78. The second-order valence-electron chi connectivity index (χ2n) is 8.75. The van der Waals surface area contributed by atoms with Gasteiger partial charge in [-0.15, -0.1) is 0 Å². The Morgan fingerprint density at radius 3 is 2.44 bits per heavy atom. The molecule has 4 nitrogen and oxygen atoms in total. The Labute approximate surface area is 164 Å². The number of nitrogens with zero attached hydrogens (tertiary/aromatic N) is 2. The molecular weight excluding hydrogens is 355 g/mol. The van der Waals surface area contributed by atoms with Crippen molar-refractivity contribution in [2.24, 2.45) is 0 Å². The summed E-state index contributed by atoms with van der Waals surface area (Å²) in [6, 6.07) is 8.60. The third-order valence-electron chi connectivity index (χ3n) is 6.78. The van der Waals surface area contributed by atoms with E-state index in [4.69, 9.17) is 4.74 Å². The van der Waals surface area contributed by atoms with Crippen molar-refractivity contribution in [3.05, 3.63) is 41.3 Å². The second kappa shape index (κ2) is 7.39. The molecule has 2 fully saturated rings. The Morgan fingerprint density at radius 2 is 1.78 bits per heavy atom. The standard InChI is InChI=1S/C22H33N2O2P/c1-22(2)19-11-7-8-12-20(19)23(3)21(22)17-27(25,18-9-5-4-6-10-18)24-13-15-26-16-14-24/h7-8,11-12,17-18H,4-6,9-10,13-16H2,1-3H3/b21-17+. The molecule has 0 radical (unpaired) electrons. The molecule has 0 spiro atoms. The lowest BCUT2D eigenvalue weighted by Crippen LogP contribution is -2.37. The number of morpholine rings is 1. The largest absolute Gasteiger partial charge is 0.379 e. The van der Waals surface area contributed by atoms with Crippen LogP contribution in [-0.2, 0) is 14.7 Å². The highest BCUT2D eigenvalue weighted by atomic mass is 31.2. The van der Waals surface area contributed by atoms with E-state index in [2.05, 4.69) is 60.5 Å². The molecule has 1 saturated carbocycles. The Morgan fingerprint density at radius 1 is 1.11 bits per heavy atom. The van der Waals surface area contributed by atoms with Crippen LogP contribution in [0.4, 0.5) is 5.69 Å². The van der Waals surface area contributed by atoms with Crippen LogP contribution >= 0.6 is 7.29 Å². The van der Waals surface area contributed by atoms with Crippen LogP contribution in [0.3, 0.4) is 0 Å². The molecule has 1 atom stereocenters. The number of allylic oxidation sites excluding steroid dienone is 1. The van der Waals surface area contributed by atoms with Crippen LogP contribution in [0.15, 0.2) is 35.8 Å². The van der Waals surface area contributed by atoms with E-state index in [1.807, 2.05) is 0 Å². The molecule has 0 N–H and O–H groups in total. The van der Waals surface area contributed by atoms with Crippen LogP contribution < -0.4 is 4.90 Å². The molecule has 148 valence electrons. The molecule has 2 aliphatic heterocycles. The maximum absolute atomic E-state index is 14.6. The number of para-hydroxylation sites is 1. The van der Waals surface area contributed by atoms with Gasteiger partial charge in [0.05, 0.1) is 13.2 Å². The van der Waals surface area contributed by atoms with Gasteiger partial charge in [-0.05, 0) is 24.5 Å². The van der Waals surface area contributed by atoms with Crippen LogP contribution in [-0.4, -0.2) is 43.7 Å². The highest BCUT2D eigenvalue weighted by molar-refractivity contribution is 7.65. The van der Waals surface area contributed by atoms with Gasteiger partial charge in [0.1, 0.15) is 0 Å². The average molecular weight is 388 g/mol. The van der Waals surface area contributed by atoms with Crippen LogP contribution in [0.25, 0.3) is 0 Å². The molecule has 27 heavy (non-hydrogen) atoms. The summed E-state index contributed by atoms with van der Waals surface area (Å²) in [6.45, 7) is 7.50. The molecule has 0 amide bonds. The highest BCUT2D eigenvalue weighted by Gasteiger charge is 2.44. The monoisotopic (exact) mass is 388 g/mol. The zero-order valence-electron chi connectivity index (χ0n) is 17.0. The van der Waals surface area contributed by atoms with Crippen LogP contribution in [0, 0.1) is 0 Å². The molecule has 0 aromatic heterocycles. The van der Waals surface area contributed by atoms with E-state index in [1.165, 1.54) is 36.2 Å². The van der Waals surface area contributed by atoms with Crippen molar-refractivity contribution in [3.63, 3.8) is 0 Å². The normalized spacial score (nSPS) is 27.5. The number of hydrogen-bond donors (Lipinski definition) is 0. The summed E-state index contributed by atoms with van der Waals surface area (Å²) in [7, 11) is -0.487. The van der Waals surface area contributed by atoms with Crippen LogP contribution in [0.1, 0.15) is 51.5 Å². The number of rotatable bonds is 3. The molecule has 3 aliphatic rings. The van der Waals surface area contributed by atoms with Gasteiger partial charge >= 0.3 is 0 Å². The molecule has 1 aromatic carbocycles. The van der Waals surface area contributed by atoms with Gasteiger partial charge in [0, 0.05) is 48.4 Å². The van der Waals surface area contributed by atoms with Gasteiger partial charge in [0.25, 0.3) is 0 Å². The number of anilines is 1. The lowest BCUT2D eigenvalue weighted by molar-refractivity contribution is 0.0718. The molecule has 1 aliphatic carbocycles. The summed E-state index contributed by atoms with van der Waals surface area (Å²) in [6.07, 6.45) is 5.89. The van der Waals surface area contributed by atoms with Crippen molar-refractivity contribution in [2.45, 2.75) is 57.0 Å². The van der Waals surface area contributed by atoms with Crippen molar-refractivity contribution in [2.75, 3.05) is 38.3 Å². The highest BCUT2D eigenvalue weighted by Crippen LogP contribution is 2.62. The van der Waals surface area contributed by atoms with Gasteiger partial charge in [-0.2, -0.15) is 0 Å². The van der Waals surface area contributed by atoms with Crippen molar-refractivity contribution in [1.82, 2.24) is 4.67 Å². The fourth-order valence-electron chi connectivity index (χ4n) is 5.14. The van der Waals surface area contributed by atoms with Gasteiger partial charge < -0.3 is 14.2 Å². The Kier molecular flexibility index (Phi) is 5.26. The minimum atomic E-state index is -2.62. The number of ether oxygens (including phenoxy) is 1. The third kappa shape index (κ3) is 3.30. The minimum absolute atomic E-state index is 0.123. The van der Waals surface area contributed by atoms with Gasteiger partial charge in [-0.1, -0.05) is 51.3 Å². The Bertz CT molecular complexity index is 739. The number of fused-ring (bicyclic) bond motifs is 1. The topological polar surface area (TPSA) is 32.8 Å². The van der Waals surface area contributed by atoms with Gasteiger partial charge in [-0.3, -0.25) is 0 Å². The SMILES string of the molecule is CN1/C(=C/P(=O)(C2CCCCC2)N2CCOCC2)C(C)(C)c2ccccc21. The smallest absolute Gasteiger partial charge is 0.176 e. The van der Waals surface area contributed by atoms with Crippen molar-refractivity contribution < 1.29 is 9.30 Å². The van der Waals surface area contributed by atoms with Crippen LogP contribution in [0.5, 0.6) is 0 Å². The summed E-state index contributed by atoms with van der Waals surface area (Å²) in [5.41, 5.74) is 3.94. The predicted molar refractivity (Wildman–Crippen MR) is 113 cm³/mol. The first-order chi connectivity index (χ1) is 12.9. The van der Waals surface area contributed by atoms with Gasteiger partial charge in [-0.25, -0.2) is 4.67 Å². The minimum Gasteiger partial charge on any atom is -0.379 e. The van der Waals surface area contributed by atoms with E-state index < -0.39 is 7.29 Å². The van der Waals surface area contributed by atoms with Gasteiger partial charge in [0.2, 0.25) is 0 Å². The van der Waals surface area contributed by atoms with E-state index >= 15 is 0 Å². The molecule has 4 rings (SSSR count). The van der Waals surface area contributed by atoms with Crippen LogP contribution in [0.2, 0.25) is 0 Å². The fourth-order valence-corrected chi connectivity index (χ4v) is 8.72. The van der Waals surface area contributed by atoms with E-state index in [0.717, 1.165) is 25.9 Å². The predicted octanol–water partition coefficient (Wildman–Crippen LogP) is 5.20.